The number of hydrogen-bond donors (Lipinski definition) is 1. The molecule has 0 spiro atoms. The van der Waals surface area contributed by atoms with Crippen molar-refractivity contribution in [1.82, 2.24) is 0 Å². The zero-order valence-corrected chi connectivity index (χ0v) is 13.6. The van der Waals surface area contributed by atoms with Gasteiger partial charge in [0.1, 0.15) is 5.75 Å². The monoisotopic (exact) mass is 323 g/mol. The van der Waals surface area contributed by atoms with Gasteiger partial charge < -0.3 is 10.1 Å². The first-order valence-corrected chi connectivity index (χ1v) is 8.29. The predicted molar refractivity (Wildman–Crippen MR) is 96.3 cm³/mol. The minimum absolute atomic E-state index is 0.0485. The van der Waals surface area contributed by atoms with Gasteiger partial charge in [-0.3, -0.25) is 4.79 Å². The van der Waals surface area contributed by atoms with Crippen molar-refractivity contribution >= 4 is 34.1 Å². The highest BCUT2D eigenvalue weighted by atomic mass is 32.2. The summed E-state index contributed by atoms with van der Waals surface area (Å²) in [4.78, 5) is 13.2. The topological polar surface area (TPSA) is 38.3 Å². The molecule has 0 saturated carbocycles. The van der Waals surface area contributed by atoms with E-state index in [9.17, 15) is 4.79 Å². The highest BCUT2D eigenvalue weighted by Gasteiger charge is 2.07. The largest absolute Gasteiger partial charge is 0.495 e. The summed E-state index contributed by atoms with van der Waals surface area (Å²) in [6.07, 6.45) is 0. The summed E-state index contributed by atoms with van der Waals surface area (Å²) in [5, 5.41) is 5.27. The van der Waals surface area contributed by atoms with Crippen LogP contribution < -0.4 is 10.1 Å². The maximum atomic E-state index is 12.1. The fraction of sp³-hybridized carbons (Fsp3) is 0.105. The smallest absolute Gasteiger partial charge is 0.234 e. The second kappa shape index (κ2) is 7.20. The van der Waals surface area contributed by atoms with E-state index in [2.05, 4.69) is 29.6 Å². The Morgan fingerprint density at radius 3 is 2.57 bits per heavy atom. The lowest BCUT2D eigenvalue weighted by atomic mass is 10.1. The van der Waals surface area contributed by atoms with Gasteiger partial charge in [-0.2, -0.15) is 0 Å². The number of carbonyl (C=O) groups excluding carboxylic acids is 1. The number of thioether (sulfide) groups is 1. The Balaban J connectivity index is 1.63. The van der Waals surface area contributed by atoms with Crippen molar-refractivity contribution in [2.45, 2.75) is 4.90 Å². The van der Waals surface area contributed by atoms with Gasteiger partial charge in [-0.25, -0.2) is 0 Å². The average Bonchev–Trinajstić information content (AvgIpc) is 2.60. The highest BCUT2D eigenvalue weighted by molar-refractivity contribution is 8.00. The van der Waals surface area contributed by atoms with Crippen LogP contribution in [0.25, 0.3) is 10.8 Å². The van der Waals surface area contributed by atoms with Gasteiger partial charge in [0, 0.05) is 4.90 Å². The van der Waals surface area contributed by atoms with Gasteiger partial charge in [-0.15, -0.1) is 11.8 Å². The standard InChI is InChI=1S/C19H17NO2S/c1-22-18-9-5-4-8-17(18)20-19(21)13-23-16-11-10-14-6-2-3-7-15(14)12-16/h2-12H,13H2,1H3,(H,20,21). The average molecular weight is 323 g/mol. The number of anilines is 1. The van der Waals surface area contributed by atoms with E-state index >= 15 is 0 Å². The Kier molecular flexibility index (Phi) is 4.83. The summed E-state index contributed by atoms with van der Waals surface area (Å²) in [6.45, 7) is 0. The molecule has 0 fully saturated rings. The number of benzene rings is 3. The second-order valence-electron chi connectivity index (χ2n) is 5.05. The molecule has 0 aliphatic heterocycles. The van der Waals surface area contributed by atoms with Gasteiger partial charge in [0.15, 0.2) is 0 Å². The van der Waals surface area contributed by atoms with E-state index in [0.717, 1.165) is 4.90 Å². The van der Waals surface area contributed by atoms with Crippen LogP contribution in [0, 0.1) is 0 Å². The first-order chi connectivity index (χ1) is 11.3. The molecule has 0 unspecified atom stereocenters. The third-order valence-corrected chi connectivity index (χ3v) is 4.47. The van der Waals surface area contributed by atoms with Crippen molar-refractivity contribution in [2.24, 2.45) is 0 Å². The van der Waals surface area contributed by atoms with Crippen molar-refractivity contribution < 1.29 is 9.53 Å². The highest BCUT2D eigenvalue weighted by Crippen LogP contribution is 2.25. The van der Waals surface area contributed by atoms with E-state index in [-0.39, 0.29) is 5.91 Å². The minimum Gasteiger partial charge on any atom is -0.495 e. The van der Waals surface area contributed by atoms with Crippen LogP contribution in [-0.2, 0) is 4.79 Å². The summed E-state index contributed by atoms with van der Waals surface area (Å²) in [7, 11) is 1.59. The molecule has 3 aromatic carbocycles. The van der Waals surface area contributed by atoms with Crippen molar-refractivity contribution in [1.29, 1.82) is 0 Å². The summed E-state index contributed by atoms with van der Waals surface area (Å²) in [5.41, 5.74) is 0.694. The lowest BCUT2D eigenvalue weighted by molar-refractivity contribution is -0.113. The number of nitrogens with one attached hydrogen (secondary N) is 1. The third-order valence-electron chi connectivity index (χ3n) is 3.47. The molecule has 0 aliphatic rings. The van der Waals surface area contributed by atoms with Gasteiger partial charge in [0.2, 0.25) is 5.91 Å². The molecule has 0 bridgehead atoms. The molecule has 3 aromatic rings. The van der Waals surface area contributed by atoms with Gasteiger partial charge in [0.05, 0.1) is 18.6 Å². The normalized spacial score (nSPS) is 10.5. The fourth-order valence-electron chi connectivity index (χ4n) is 2.34. The number of hydrogen-bond acceptors (Lipinski definition) is 3. The molecule has 1 amide bonds. The van der Waals surface area contributed by atoms with E-state index in [0.29, 0.717) is 17.2 Å². The fourth-order valence-corrected chi connectivity index (χ4v) is 3.08. The Hall–Kier alpha value is -2.46. The molecule has 0 saturated heterocycles. The molecule has 0 aliphatic carbocycles. The third kappa shape index (κ3) is 3.85. The number of amides is 1. The van der Waals surface area contributed by atoms with Crippen LogP contribution in [0.2, 0.25) is 0 Å². The molecule has 1 N–H and O–H groups in total. The molecular formula is C19H17NO2S. The summed E-state index contributed by atoms with van der Waals surface area (Å²) in [6, 6.07) is 21.8. The van der Waals surface area contributed by atoms with Crippen molar-refractivity contribution in [2.75, 3.05) is 18.2 Å². The number of fused-ring (bicyclic) bond motifs is 1. The molecule has 3 rings (SSSR count). The SMILES string of the molecule is COc1ccccc1NC(=O)CSc1ccc2ccccc2c1. The first-order valence-electron chi connectivity index (χ1n) is 7.31. The van der Waals surface area contributed by atoms with Gasteiger partial charge >= 0.3 is 0 Å². The maximum absolute atomic E-state index is 12.1. The number of methoxy groups -OCH3 is 1. The number of para-hydroxylation sites is 2. The number of ether oxygens (including phenoxy) is 1. The van der Waals surface area contributed by atoms with Crippen LogP contribution in [0.1, 0.15) is 0 Å². The summed E-state index contributed by atoms with van der Waals surface area (Å²) < 4.78 is 5.24. The van der Waals surface area contributed by atoms with E-state index < -0.39 is 0 Å². The first kappa shape index (κ1) is 15.4. The van der Waals surface area contributed by atoms with Crippen molar-refractivity contribution in [3.8, 4) is 5.75 Å². The molecule has 0 atom stereocenters. The van der Waals surface area contributed by atoms with E-state index in [1.54, 1.807) is 7.11 Å². The Morgan fingerprint density at radius 1 is 1.00 bits per heavy atom. The summed E-state index contributed by atoms with van der Waals surface area (Å²) in [5.74, 6) is 0.973. The van der Waals surface area contributed by atoms with Crippen LogP contribution in [0.5, 0.6) is 5.75 Å². The molecule has 23 heavy (non-hydrogen) atoms. The lowest BCUT2D eigenvalue weighted by Gasteiger charge is -2.09. The predicted octanol–water partition coefficient (Wildman–Crippen LogP) is 4.58. The van der Waals surface area contributed by atoms with E-state index in [4.69, 9.17) is 4.74 Å². The minimum atomic E-state index is -0.0485. The van der Waals surface area contributed by atoms with E-state index in [1.165, 1.54) is 22.5 Å². The van der Waals surface area contributed by atoms with Crippen molar-refractivity contribution in [3.63, 3.8) is 0 Å². The number of rotatable bonds is 5. The zero-order chi connectivity index (χ0) is 16.1. The molecular weight excluding hydrogens is 306 g/mol. The van der Waals surface area contributed by atoms with Crippen LogP contribution in [-0.4, -0.2) is 18.8 Å². The van der Waals surface area contributed by atoms with Gasteiger partial charge in [0.25, 0.3) is 0 Å². The molecule has 4 heteroatoms. The van der Waals surface area contributed by atoms with Gasteiger partial charge in [-0.05, 0) is 35.0 Å². The summed E-state index contributed by atoms with van der Waals surface area (Å²) >= 11 is 1.52. The van der Waals surface area contributed by atoms with Crippen LogP contribution >= 0.6 is 11.8 Å². The molecule has 0 heterocycles. The van der Waals surface area contributed by atoms with Crippen LogP contribution in [0.4, 0.5) is 5.69 Å². The quantitative estimate of drug-likeness (QED) is 0.699. The van der Waals surface area contributed by atoms with Crippen molar-refractivity contribution in [3.05, 3.63) is 66.7 Å². The number of carbonyl (C=O) groups is 1. The lowest BCUT2D eigenvalue weighted by Crippen LogP contribution is -2.14. The van der Waals surface area contributed by atoms with Gasteiger partial charge in [-0.1, -0.05) is 42.5 Å². The Bertz CT molecular complexity index is 832. The molecule has 116 valence electrons. The zero-order valence-electron chi connectivity index (χ0n) is 12.8. The molecule has 3 nitrogen and oxygen atoms in total. The second-order valence-corrected chi connectivity index (χ2v) is 6.09. The molecule has 0 radical (unpaired) electrons. The van der Waals surface area contributed by atoms with Crippen LogP contribution in [0.15, 0.2) is 71.6 Å². The van der Waals surface area contributed by atoms with Crippen LogP contribution in [0.3, 0.4) is 0 Å². The maximum Gasteiger partial charge on any atom is 0.234 e. The Morgan fingerprint density at radius 2 is 1.74 bits per heavy atom. The molecule has 0 aromatic heterocycles. The van der Waals surface area contributed by atoms with E-state index in [1.807, 2.05) is 42.5 Å². The Labute approximate surface area is 139 Å².